The Hall–Kier alpha value is -1.50. The normalized spacial score (nSPS) is 25.0. The molecule has 0 aliphatic carbocycles. The average molecular weight is 319 g/mol. The fraction of sp³-hybridized carbons (Fsp3) is 0.647. The number of fused-ring (bicyclic) bond motifs is 1. The average Bonchev–Trinajstić information content (AvgIpc) is 3.26. The zero-order chi connectivity index (χ0) is 15.6. The zero-order valence-corrected chi connectivity index (χ0v) is 13.7. The van der Waals surface area contributed by atoms with Crippen LogP contribution in [0.2, 0.25) is 0 Å². The van der Waals surface area contributed by atoms with Crippen molar-refractivity contribution in [3.05, 3.63) is 17.7 Å². The van der Waals surface area contributed by atoms with Crippen molar-refractivity contribution in [3.8, 4) is 17.2 Å². The summed E-state index contributed by atoms with van der Waals surface area (Å²) in [6, 6.07) is 4.89. The Labute approximate surface area is 137 Å². The van der Waals surface area contributed by atoms with Gasteiger partial charge in [-0.1, -0.05) is 0 Å². The van der Waals surface area contributed by atoms with Crippen LogP contribution in [0, 0.1) is 0 Å². The molecule has 23 heavy (non-hydrogen) atoms. The molecule has 1 N–H and O–H groups in total. The molecule has 0 bridgehead atoms. The van der Waals surface area contributed by atoms with Crippen LogP contribution in [0.25, 0.3) is 0 Å². The van der Waals surface area contributed by atoms with Crippen LogP contribution in [0.3, 0.4) is 0 Å². The monoisotopic (exact) mass is 319 g/mol. The maximum Gasteiger partial charge on any atom is 0.231 e. The molecule has 0 saturated carbocycles. The summed E-state index contributed by atoms with van der Waals surface area (Å²) in [5, 5.41) is 3.46. The Balaban J connectivity index is 1.38. The number of benzene rings is 1. The summed E-state index contributed by atoms with van der Waals surface area (Å²) in [6.45, 7) is 8.09. The molecule has 1 aromatic carbocycles. The molecule has 0 spiro atoms. The quantitative estimate of drug-likeness (QED) is 0.890. The molecule has 0 radical (unpaired) electrons. The maximum atomic E-state index is 5.52. The molecule has 3 aliphatic heterocycles. The van der Waals surface area contributed by atoms with Crippen LogP contribution in [0.4, 0.5) is 0 Å². The van der Waals surface area contributed by atoms with Crippen LogP contribution >= 0.6 is 0 Å². The lowest BCUT2D eigenvalue weighted by Crippen LogP contribution is -2.50. The number of ether oxygens (including phenoxy) is 3. The minimum Gasteiger partial charge on any atom is -0.493 e. The summed E-state index contributed by atoms with van der Waals surface area (Å²) < 4.78 is 16.4. The van der Waals surface area contributed by atoms with Crippen molar-refractivity contribution in [2.24, 2.45) is 0 Å². The summed E-state index contributed by atoms with van der Waals surface area (Å²) >= 11 is 0. The van der Waals surface area contributed by atoms with E-state index in [1.165, 1.54) is 18.5 Å². The molecule has 6 nitrogen and oxygen atoms in total. The van der Waals surface area contributed by atoms with Gasteiger partial charge >= 0.3 is 0 Å². The Morgan fingerprint density at radius 1 is 1.22 bits per heavy atom. The van der Waals surface area contributed by atoms with Gasteiger partial charge in [0.15, 0.2) is 11.5 Å². The number of hydrogen-bond acceptors (Lipinski definition) is 6. The lowest BCUT2D eigenvalue weighted by atomic mass is 10.1. The van der Waals surface area contributed by atoms with E-state index in [9.17, 15) is 0 Å². The first kappa shape index (κ1) is 15.1. The molecule has 126 valence electrons. The van der Waals surface area contributed by atoms with Crippen LogP contribution in [0.15, 0.2) is 12.1 Å². The summed E-state index contributed by atoms with van der Waals surface area (Å²) in [5.74, 6) is 2.30. The van der Waals surface area contributed by atoms with E-state index in [0.717, 1.165) is 62.6 Å². The smallest absolute Gasteiger partial charge is 0.231 e. The molecule has 2 saturated heterocycles. The largest absolute Gasteiger partial charge is 0.493 e. The highest BCUT2D eigenvalue weighted by molar-refractivity contribution is 5.55. The van der Waals surface area contributed by atoms with E-state index in [2.05, 4.69) is 27.2 Å². The number of rotatable bonds is 4. The Bertz CT molecular complexity index is 552. The topological polar surface area (TPSA) is 46.2 Å². The van der Waals surface area contributed by atoms with Gasteiger partial charge in [0.1, 0.15) is 0 Å². The standard InChI is InChI=1S/C17H25N3O3/c1-21-15-8-13(9-16-17(15)23-12-22-16)11-19-4-6-20(7-5-19)14-2-3-18-10-14/h8-9,14,18H,2-7,10-12H2,1H3. The van der Waals surface area contributed by atoms with E-state index in [4.69, 9.17) is 14.2 Å². The Morgan fingerprint density at radius 3 is 2.83 bits per heavy atom. The third-order valence-electron chi connectivity index (χ3n) is 5.08. The van der Waals surface area contributed by atoms with Crippen molar-refractivity contribution < 1.29 is 14.2 Å². The lowest BCUT2D eigenvalue weighted by Gasteiger charge is -2.37. The highest BCUT2D eigenvalue weighted by atomic mass is 16.7. The molecule has 0 amide bonds. The third-order valence-corrected chi connectivity index (χ3v) is 5.08. The number of nitrogens with one attached hydrogen (secondary N) is 1. The van der Waals surface area contributed by atoms with Gasteiger partial charge in [-0.25, -0.2) is 0 Å². The van der Waals surface area contributed by atoms with Crippen LogP contribution in [-0.2, 0) is 6.54 Å². The fourth-order valence-corrected chi connectivity index (χ4v) is 3.77. The van der Waals surface area contributed by atoms with Gasteiger partial charge in [0, 0.05) is 45.3 Å². The van der Waals surface area contributed by atoms with Crippen LogP contribution in [-0.4, -0.2) is 69.0 Å². The SMILES string of the molecule is COc1cc(CN2CCN(C3CCNC3)CC2)cc2c1OCO2. The predicted molar refractivity (Wildman–Crippen MR) is 87.2 cm³/mol. The molecule has 4 rings (SSSR count). The molecule has 0 aromatic heterocycles. The van der Waals surface area contributed by atoms with Crippen molar-refractivity contribution in [2.45, 2.75) is 19.0 Å². The molecule has 1 atom stereocenters. The van der Waals surface area contributed by atoms with Crippen molar-refractivity contribution in [3.63, 3.8) is 0 Å². The van der Waals surface area contributed by atoms with Gasteiger partial charge in [-0.3, -0.25) is 9.80 Å². The van der Waals surface area contributed by atoms with Gasteiger partial charge in [0.25, 0.3) is 0 Å². The minimum absolute atomic E-state index is 0.281. The molecule has 3 heterocycles. The van der Waals surface area contributed by atoms with E-state index in [1.807, 2.05) is 0 Å². The first-order valence-corrected chi connectivity index (χ1v) is 8.47. The van der Waals surface area contributed by atoms with Crippen molar-refractivity contribution >= 4 is 0 Å². The number of nitrogens with zero attached hydrogens (tertiary/aromatic N) is 2. The van der Waals surface area contributed by atoms with E-state index in [-0.39, 0.29) is 6.79 Å². The van der Waals surface area contributed by atoms with Crippen LogP contribution < -0.4 is 19.5 Å². The Kier molecular flexibility index (Phi) is 4.29. The second kappa shape index (κ2) is 6.55. The predicted octanol–water partition coefficient (Wildman–Crippen LogP) is 0.903. The van der Waals surface area contributed by atoms with Gasteiger partial charge in [-0.2, -0.15) is 0 Å². The van der Waals surface area contributed by atoms with Crippen molar-refractivity contribution in [1.29, 1.82) is 0 Å². The first-order chi connectivity index (χ1) is 11.3. The van der Waals surface area contributed by atoms with Gasteiger partial charge < -0.3 is 19.5 Å². The van der Waals surface area contributed by atoms with Crippen LogP contribution in [0.1, 0.15) is 12.0 Å². The van der Waals surface area contributed by atoms with E-state index < -0.39 is 0 Å². The van der Waals surface area contributed by atoms with Crippen LogP contribution in [0.5, 0.6) is 17.2 Å². The summed E-state index contributed by atoms with van der Waals surface area (Å²) in [6.07, 6.45) is 1.29. The Morgan fingerprint density at radius 2 is 2.09 bits per heavy atom. The number of hydrogen-bond donors (Lipinski definition) is 1. The number of methoxy groups -OCH3 is 1. The molecule has 1 aromatic rings. The molecule has 6 heteroatoms. The third kappa shape index (κ3) is 3.11. The van der Waals surface area contributed by atoms with E-state index >= 15 is 0 Å². The second-order valence-corrected chi connectivity index (χ2v) is 6.49. The van der Waals surface area contributed by atoms with Gasteiger partial charge in [0.2, 0.25) is 12.5 Å². The lowest BCUT2D eigenvalue weighted by molar-refractivity contribution is 0.0980. The first-order valence-electron chi connectivity index (χ1n) is 8.47. The second-order valence-electron chi connectivity index (χ2n) is 6.49. The molecule has 2 fully saturated rings. The molecular weight excluding hydrogens is 294 g/mol. The summed E-state index contributed by atoms with van der Waals surface area (Å²) in [5.41, 5.74) is 1.22. The maximum absolute atomic E-state index is 5.52. The van der Waals surface area contributed by atoms with Crippen molar-refractivity contribution in [2.75, 3.05) is 53.2 Å². The van der Waals surface area contributed by atoms with Gasteiger partial charge in [-0.05, 0) is 30.7 Å². The van der Waals surface area contributed by atoms with Gasteiger partial charge in [0.05, 0.1) is 7.11 Å². The zero-order valence-electron chi connectivity index (χ0n) is 13.7. The summed E-state index contributed by atoms with van der Waals surface area (Å²) in [7, 11) is 1.68. The van der Waals surface area contributed by atoms with Crippen molar-refractivity contribution in [1.82, 2.24) is 15.1 Å². The highest BCUT2D eigenvalue weighted by Crippen LogP contribution is 2.42. The molecule has 3 aliphatic rings. The summed E-state index contributed by atoms with van der Waals surface area (Å²) in [4.78, 5) is 5.15. The highest BCUT2D eigenvalue weighted by Gasteiger charge is 2.26. The van der Waals surface area contributed by atoms with E-state index in [0.29, 0.717) is 0 Å². The molecule has 1 unspecified atom stereocenters. The van der Waals surface area contributed by atoms with E-state index in [1.54, 1.807) is 7.11 Å². The van der Waals surface area contributed by atoms with Gasteiger partial charge in [-0.15, -0.1) is 0 Å². The molecular formula is C17H25N3O3. The minimum atomic E-state index is 0.281. The fourth-order valence-electron chi connectivity index (χ4n) is 3.77. The number of piperazine rings is 1.